The number of hydrogen-bond donors (Lipinski definition) is 1. The molecule has 0 aliphatic heterocycles. The van der Waals surface area contributed by atoms with Crippen molar-refractivity contribution < 1.29 is 78.2 Å². The van der Waals surface area contributed by atoms with Crippen LogP contribution >= 0.6 is 0 Å². The average Bonchev–Trinajstić information content (AvgIpc) is 1.99. The van der Waals surface area contributed by atoms with E-state index in [9.17, 15) is 40.3 Å². The van der Waals surface area contributed by atoms with Crippen LogP contribution in [0.3, 0.4) is 0 Å². The number of aromatic carboxylic acids is 1. The summed E-state index contributed by atoms with van der Waals surface area (Å²) >= 11 is 0. The Morgan fingerprint density at radius 3 is 1.21 bits per heavy atom. The molecule has 2 heterocycles. The predicted molar refractivity (Wildman–Crippen MR) is 322 cm³/mol. The summed E-state index contributed by atoms with van der Waals surface area (Å²) in [6.45, 7) is 2.39. The van der Waals surface area contributed by atoms with Gasteiger partial charge in [-0.3, -0.25) is 8.61 Å². The Kier molecular flexibility index (Phi) is 21.3. The van der Waals surface area contributed by atoms with Gasteiger partial charge in [0, 0.05) is 58.2 Å². The maximum atomic E-state index is 13.7. The largest absolute Gasteiger partial charge is 1.00 e. The van der Waals surface area contributed by atoms with Gasteiger partial charge < -0.3 is 24.2 Å². The number of unbranched alkanes of at least 4 members (excludes halogenated alkanes) is 2. The SMILES string of the molecule is CCOC(=O)c1c(-c2ccc(F)cc2)oc2cc(N(CCCCc3ccccc3)S(C)(=O)=O)c(-c3ccccc3)cc12.CS(=O)(=O)N(CCCCc1ccccc1)c1cc2oc(-c3ccc(F)cc3)c(C(=O)O)c2cc1-c1ccccc1.[Li+].[OH-]. The molecule has 0 aliphatic rings. The maximum Gasteiger partial charge on any atom is 1.00 e. The number of aryl methyl sites for hydroxylation is 2. The van der Waals surface area contributed by atoms with Crippen LogP contribution in [0.2, 0.25) is 0 Å². The summed E-state index contributed by atoms with van der Waals surface area (Å²) in [4.78, 5) is 25.6. The van der Waals surface area contributed by atoms with E-state index < -0.39 is 43.6 Å². The van der Waals surface area contributed by atoms with Crippen molar-refractivity contribution >= 4 is 65.3 Å². The minimum absolute atomic E-state index is 0. The van der Waals surface area contributed by atoms with Gasteiger partial charge in [0.25, 0.3) is 0 Å². The molecule has 0 atom stereocenters. The molecule has 428 valence electrons. The van der Waals surface area contributed by atoms with Gasteiger partial charge in [0.1, 0.15) is 45.4 Å². The second kappa shape index (κ2) is 28.3. The summed E-state index contributed by atoms with van der Waals surface area (Å²) in [7, 11) is -7.39. The number of carboxylic acid groups (broad SMARTS) is 1. The fourth-order valence-corrected chi connectivity index (χ4v) is 11.9. The standard InChI is InChI=1S/C34H32FNO5S.C32H28FNO5S.Li.H2O/c1-3-40-34(37)32-29-22-28(25-15-8-5-9-16-25)30(23-31(29)41-33(32)26-17-19-27(35)20-18-26)36(42(2,38)39)21-11-10-14-24-12-6-4-7-13-24;1-40(37,38)34(19-9-8-12-22-10-4-2-5-11-22)28-21-29-27(20-26(28)23-13-6-3-7-14-23)30(32(35)36)31(39-29)24-15-17-25(33)18-16-24;;/h4-9,12-13,15-20,22-23H,3,10-11,14,21H2,1-2H3;2-7,10-11,13-18,20-21H,8-9,12,19H2,1H3,(H,35,36);;1H2/q;;+1;/p-1. The summed E-state index contributed by atoms with van der Waals surface area (Å²) in [6.07, 6.45) is 6.88. The molecule has 84 heavy (non-hydrogen) atoms. The zero-order chi connectivity index (χ0) is 58.0. The number of fused-ring (bicyclic) bond motifs is 2. The van der Waals surface area contributed by atoms with Crippen LogP contribution in [0.1, 0.15) is 64.4 Å². The normalized spacial score (nSPS) is 11.2. The number of furan rings is 2. The molecule has 10 aromatic rings. The second-order valence-electron chi connectivity index (χ2n) is 19.7. The van der Waals surface area contributed by atoms with Gasteiger partial charge in [-0.05, 0) is 128 Å². The van der Waals surface area contributed by atoms with Crippen molar-refractivity contribution in [3.05, 3.63) is 228 Å². The second-order valence-corrected chi connectivity index (χ2v) is 23.5. The molecule has 0 unspecified atom stereocenters. The zero-order valence-corrected chi connectivity index (χ0v) is 48.5. The van der Waals surface area contributed by atoms with Crippen LogP contribution in [0, 0.1) is 11.6 Å². The van der Waals surface area contributed by atoms with Crippen LogP contribution in [-0.2, 0) is 37.6 Å². The third-order valence-corrected chi connectivity index (χ3v) is 16.2. The number of ether oxygens (including phenoxy) is 1. The Morgan fingerprint density at radius 1 is 0.500 bits per heavy atom. The molecule has 0 radical (unpaired) electrons. The minimum atomic E-state index is -3.71. The minimum Gasteiger partial charge on any atom is -0.870 e. The molecular formula is C66H61F2LiN2O11S2. The molecule has 0 fully saturated rings. The Labute approximate surface area is 499 Å². The monoisotopic (exact) mass is 1170 g/mol. The van der Waals surface area contributed by atoms with E-state index in [2.05, 4.69) is 12.1 Å². The number of anilines is 2. The number of carbonyl (C=O) groups is 2. The van der Waals surface area contributed by atoms with Crippen LogP contribution in [0.15, 0.2) is 203 Å². The van der Waals surface area contributed by atoms with Crippen molar-refractivity contribution in [3.63, 3.8) is 0 Å². The summed E-state index contributed by atoms with van der Waals surface area (Å²) in [6, 6.07) is 56.5. The van der Waals surface area contributed by atoms with Gasteiger partial charge in [-0.25, -0.2) is 35.2 Å². The van der Waals surface area contributed by atoms with Crippen molar-refractivity contribution in [1.29, 1.82) is 0 Å². The molecule has 18 heteroatoms. The third-order valence-electron chi connectivity index (χ3n) is 13.9. The molecule has 0 saturated heterocycles. The first-order valence-corrected chi connectivity index (χ1v) is 30.5. The van der Waals surface area contributed by atoms with E-state index in [0.29, 0.717) is 62.8 Å². The number of hydrogen-bond acceptors (Lipinski definition) is 10. The number of benzene rings is 8. The first-order valence-electron chi connectivity index (χ1n) is 26.8. The molecular weight excluding hydrogens is 1110 g/mol. The van der Waals surface area contributed by atoms with Gasteiger partial charge >= 0.3 is 30.8 Å². The zero-order valence-electron chi connectivity index (χ0n) is 46.9. The van der Waals surface area contributed by atoms with Crippen molar-refractivity contribution in [2.24, 2.45) is 0 Å². The molecule has 0 aliphatic carbocycles. The van der Waals surface area contributed by atoms with Gasteiger partial charge in [0.2, 0.25) is 20.0 Å². The molecule has 0 amide bonds. The number of esters is 1. The number of nitrogens with zero attached hydrogens (tertiary/aromatic N) is 2. The quantitative estimate of drug-likeness (QED) is 0.0408. The van der Waals surface area contributed by atoms with Crippen molar-refractivity contribution in [2.45, 2.75) is 45.4 Å². The van der Waals surface area contributed by atoms with E-state index in [-0.39, 0.29) is 72.3 Å². The summed E-state index contributed by atoms with van der Waals surface area (Å²) < 4.78 is 100. The van der Waals surface area contributed by atoms with Gasteiger partial charge in [-0.15, -0.1) is 0 Å². The first-order chi connectivity index (χ1) is 39.5. The molecule has 0 saturated carbocycles. The summed E-state index contributed by atoms with van der Waals surface area (Å²) in [5.41, 5.74) is 7.54. The number of rotatable bonds is 21. The van der Waals surface area contributed by atoms with E-state index in [1.807, 2.05) is 109 Å². The van der Waals surface area contributed by atoms with Crippen LogP contribution in [0.4, 0.5) is 20.2 Å². The van der Waals surface area contributed by atoms with E-state index in [1.54, 1.807) is 31.2 Å². The summed E-state index contributed by atoms with van der Waals surface area (Å²) in [5, 5.41) is 10.9. The molecule has 10 rings (SSSR count). The van der Waals surface area contributed by atoms with Crippen LogP contribution in [0.5, 0.6) is 0 Å². The Bertz CT molecular complexity index is 4080. The van der Waals surface area contributed by atoms with Crippen LogP contribution in [0.25, 0.3) is 66.8 Å². The summed E-state index contributed by atoms with van der Waals surface area (Å²) in [5.74, 6) is -2.35. The number of carboxylic acids is 1. The number of carbonyl (C=O) groups excluding carboxylic acids is 1. The van der Waals surface area contributed by atoms with Crippen molar-refractivity contribution in [2.75, 3.05) is 40.8 Å². The molecule has 8 aromatic carbocycles. The first kappa shape index (κ1) is 63.3. The molecule has 13 nitrogen and oxygen atoms in total. The maximum absolute atomic E-state index is 13.7. The molecule has 0 spiro atoms. The molecule has 2 aromatic heterocycles. The molecule has 0 bridgehead atoms. The smallest absolute Gasteiger partial charge is 0.870 e. The van der Waals surface area contributed by atoms with Gasteiger partial charge in [-0.1, -0.05) is 121 Å². The van der Waals surface area contributed by atoms with Crippen LogP contribution in [-0.4, -0.2) is 71.6 Å². The van der Waals surface area contributed by atoms with E-state index >= 15 is 0 Å². The van der Waals surface area contributed by atoms with Crippen molar-refractivity contribution in [1.82, 2.24) is 0 Å². The Balaban J connectivity index is 0.000000236. The topological polar surface area (TPSA) is 195 Å². The Hall–Kier alpha value is -8.30. The van der Waals surface area contributed by atoms with Gasteiger partial charge in [0.05, 0.1) is 30.5 Å². The number of halogens is 2. The average molecular weight is 1170 g/mol. The molecule has 2 N–H and O–H groups in total. The van der Waals surface area contributed by atoms with Gasteiger partial charge in [-0.2, -0.15) is 0 Å². The fourth-order valence-electron chi connectivity index (χ4n) is 9.99. The fraction of sp³-hybridized carbons (Fsp3) is 0.182. The third kappa shape index (κ3) is 15.1. The van der Waals surface area contributed by atoms with Gasteiger partial charge in [0.15, 0.2) is 0 Å². The van der Waals surface area contributed by atoms with E-state index in [1.165, 1.54) is 74.5 Å². The van der Waals surface area contributed by atoms with Crippen molar-refractivity contribution in [3.8, 4) is 44.9 Å². The van der Waals surface area contributed by atoms with Crippen LogP contribution < -0.4 is 27.5 Å². The van der Waals surface area contributed by atoms with E-state index in [0.717, 1.165) is 43.1 Å². The predicted octanol–water partition coefficient (Wildman–Crippen LogP) is 12.1. The number of sulfonamides is 2. The Morgan fingerprint density at radius 2 is 0.857 bits per heavy atom. The van der Waals surface area contributed by atoms with E-state index in [4.69, 9.17) is 13.6 Å².